The number of carboxylic acids is 1. The first-order chi connectivity index (χ1) is 11.9. The zero-order valence-electron chi connectivity index (χ0n) is 14.1. The van der Waals surface area contributed by atoms with E-state index in [1.807, 2.05) is 42.3 Å². The van der Waals surface area contributed by atoms with Crippen LogP contribution in [-0.4, -0.2) is 40.6 Å². The van der Waals surface area contributed by atoms with Crippen molar-refractivity contribution in [3.63, 3.8) is 0 Å². The van der Waals surface area contributed by atoms with E-state index in [1.54, 1.807) is 12.1 Å². The van der Waals surface area contributed by atoms with E-state index in [0.717, 1.165) is 5.56 Å². The summed E-state index contributed by atoms with van der Waals surface area (Å²) in [5, 5.41) is 21.3. The zero-order valence-corrected chi connectivity index (χ0v) is 14.1. The molecule has 2 aromatic carbocycles. The Balaban J connectivity index is 1.90. The topological polar surface area (TPSA) is 89.9 Å². The summed E-state index contributed by atoms with van der Waals surface area (Å²) in [6.07, 6.45) is -0.116. The van der Waals surface area contributed by atoms with Crippen LogP contribution in [-0.2, 0) is 16.1 Å². The van der Waals surface area contributed by atoms with Gasteiger partial charge in [0.25, 0.3) is 0 Å². The number of aliphatic carboxylic acids is 1. The fourth-order valence-electron chi connectivity index (χ4n) is 2.55. The van der Waals surface area contributed by atoms with Crippen molar-refractivity contribution in [2.45, 2.75) is 13.0 Å². The molecule has 0 aliphatic rings. The Morgan fingerprint density at radius 2 is 1.72 bits per heavy atom. The fourth-order valence-corrected chi connectivity index (χ4v) is 2.55. The Labute approximate surface area is 146 Å². The summed E-state index contributed by atoms with van der Waals surface area (Å²) in [6.45, 7) is 0.886. The number of benzene rings is 2. The van der Waals surface area contributed by atoms with Gasteiger partial charge < -0.3 is 20.4 Å². The highest BCUT2D eigenvalue weighted by atomic mass is 16.4. The largest absolute Gasteiger partial charge is 0.508 e. The molecule has 0 aliphatic carbocycles. The van der Waals surface area contributed by atoms with Gasteiger partial charge in [-0.3, -0.25) is 9.59 Å². The molecule has 2 rings (SSSR count). The number of carboxylic acid groups (broad SMARTS) is 1. The zero-order chi connectivity index (χ0) is 18.2. The second-order valence-corrected chi connectivity index (χ2v) is 6.02. The van der Waals surface area contributed by atoms with Crippen LogP contribution in [0.1, 0.15) is 12.0 Å². The number of aromatic hydroxyl groups is 1. The van der Waals surface area contributed by atoms with Crippen molar-refractivity contribution in [1.82, 2.24) is 4.90 Å². The van der Waals surface area contributed by atoms with Crippen LogP contribution >= 0.6 is 0 Å². The molecular formula is C19H22N2O4. The summed E-state index contributed by atoms with van der Waals surface area (Å²) in [6, 6.07) is 15.8. The summed E-state index contributed by atoms with van der Waals surface area (Å²) in [5.41, 5.74) is 1.60. The Hall–Kier alpha value is -2.86. The van der Waals surface area contributed by atoms with Gasteiger partial charge in [0.2, 0.25) is 5.91 Å². The lowest BCUT2D eigenvalue weighted by atomic mass is 10.0. The number of carbonyl (C=O) groups is 2. The Bertz CT molecular complexity index is 701. The van der Waals surface area contributed by atoms with Gasteiger partial charge in [-0.25, -0.2) is 0 Å². The molecule has 0 bridgehead atoms. The van der Waals surface area contributed by atoms with E-state index in [2.05, 4.69) is 5.32 Å². The average molecular weight is 342 g/mol. The Morgan fingerprint density at radius 3 is 2.32 bits per heavy atom. The van der Waals surface area contributed by atoms with Crippen molar-refractivity contribution in [2.24, 2.45) is 5.92 Å². The van der Waals surface area contributed by atoms with E-state index < -0.39 is 11.9 Å². The molecule has 1 amide bonds. The molecule has 0 radical (unpaired) electrons. The van der Waals surface area contributed by atoms with Crippen LogP contribution in [0, 0.1) is 5.92 Å². The minimum Gasteiger partial charge on any atom is -0.508 e. The molecule has 0 heterocycles. The summed E-state index contributed by atoms with van der Waals surface area (Å²) in [5.74, 6) is -2.07. The number of phenolic OH excluding ortho intramolecular Hbond substituents is 1. The van der Waals surface area contributed by atoms with Gasteiger partial charge in [-0.05, 0) is 36.9 Å². The summed E-state index contributed by atoms with van der Waals surface area (Å²) in [4.78, 5) is 25.5. The highest BCUT2D eigenvalue weighted by Gasteiger charge is 2.23. The van der Waals surface area contributed by atoms with Crippen LogP contribution in [0.5, 0.6) is 5.75 Å². The summed E-state index contributed by atoms with van der Waals surface area (Å²) >= 11 is 0. The van der Waals surface area contributed by atoms with E-state index in [1.165, 1.54) is 12.1 Å². The molecule has 2 aromatic rings. The second-order valence-electron chi connectivity index (χ2n) is 6.02. The van der Waals surface area contributed by atoms with Crippen LogP contribution in [0.2, 0.25) is 0 Å². The molecule has 6 nitrogen and oxygen atoms in total. The minimum absolute atomic E-state index is 0.101. The lowest BCUT2D eigenvalue weighted by molar-refractivity contribution is -0.144. The number of phenols is 1. The molecule has 3 N–H and O–H groups in total. The first-order valence-corrected chi connectivity index (χ1v) is 7.98. The molecule has 0 aromatic heterocycles. The molecule has 0 spiro atoms. The molecule has 1 atom stereocenters. The first kappa shape index (κ1) is 18.5. The predicted molar refractivity (Wildman–Crippen MR) is 95.3 cm³/mol. The molecule has 0 saturated heterocycles. The molecular weight excluding hydrogens is 320 g/mol. The molecule has 25 heavy (non-hydrogen) atoms. The van der Waals surface area contributed by atoms with Crippen LogP contribution in [0.15, 0.2) is 54.6 Å². The highest BCUT2D eigenvalue weighted by molar-refractivity contribution is 5.93. The van der Waals surface area contributed by atoms with Crippen LogP contribution in [0.4, 0.5) is 5.69 Å². The van der Waals surface area contributed by atoms with E-state index >= 15 is 0 Å². The quantitative estimate of drug-likeness (QED) is 0.642. The normalized spacial score (nSPS) is 11.9. The van der Waals surface area contributed by atoms with Gasteiger partial charge in [0, 0.05) is 25.2 Å². The average Bonchev–Trinajstić information content (AvgIpc) is 2.57. The van der Waals surface area contributed by atoms with Gasteiger partial charge in [0.15, 0.2) is 0 Å². The Morgan fingerprint density at radius 1 is 1.08 bits per heavy atom. The van der Waals surface area contributed by atoms with Gasteiger partial charge in [-0.15, -0.1) is 0 Å². The monoisotopic (exact) mass is 342 g/mol. The minimum atomic E-state index is -0.999. The molecule has 0 saturated carbocycles. The molecule has 6 heteroatoms. The van der Waals surface area contributed by atoms with Crippen molar-refractivity contribution < 1.29 is 19.8 Å². The van der Waals surface area contributed by atoms with Gasteiger partial charge in [0.1, 0.15) is 5.75 Å². The van der Waals surface area contributed by atoms with Crippen molar-refractivity contribution >= 4 is 17.6 Å². The van der Waals surface area contributed by atoms with Crippen LogP contribution in [0.25, 0.3) is 0 Å². The van der Waals surface area contributed by atoms with E-state index in [0.29, 0.717) is 12.2 Å². The number of nitrogens with zero attached hydrogens (tertiary/aromatic N) is 1. The Kier molecular flexibility index (Phi) is 6.54. The molecule has 1 unspecified atom stereocenters. The van der Waals surface area contributed by atoms with Crippen LogP contribution < -0.4 is 5.32 Å². The maximum Gasteiger partial charge on any atom is 0.308 e. The molecule has 0 aliphatic heterocycles. The van der Waals surface area contributed by atoms with Gasteiger partial charge in [0.05, 0.1) is 5.92 Å². The standard InChI is InChI=1S/C19H22N2O4/c1-21(12-14-5-3-2-4-6-14)13-15(19(24)25)11-18(23)20-16-7-9-17(22)10-8-16/h2-10,15,22H,11-13H2,1H3,(H,20,23)(H,24,25). The number of hydrogen-bond donors (Lipinski definition) is 3. The highest BCUT2D eigenvalue weighted by Crippen LogP contribution is 2.15. The van der Waals surface area contributed by atoms with Crippen LogP contribution in [0.3, 0.4) is 0 Å². The number of anilines is 1. The van der Waals surface area contributed by atoms with E-state index in [-0.39, 0.29) is 24.6 Å². The SMILES string of the molecule is CN(Cc1ccccc1)CC(CC(=O)Nc1ccc(O)cc1)C(=O)O. The second kappa shape index (κ2) is 8.84. The van der Waals surface area contributed by atoms with Crippen molar-refractivity contribution in [3.05, 3.63) is 60.2 Å². The number of amides is 1. The summed E-state index contributed by atoms with van der Waals surface area (Å²) < 4.78 is 0. The number of rotatable bonds is 8. The van der Waals surface area contributed by atoms with Gasteiger partial charge in [-0.1, -0.05) is 30.3 Å². The molecule has 0 fully saturated rings. The fraction of sp³-hybridized carbons (Fsp3) is 0.263. The van der Waals surface area contributed by atoms with Gasteiger partial charge in [-0.2, -0.15) is 0 Å². The number of nitrogens with one attached hydrogen (secondary N) is 1. The van der Waals surface area contributed by atoms with Crippen molar-refractivity contribution in [2.75, 3.05) is 18.9 Å². The maximum atomic E-state index is 12.1. The third-order valence-corrected chi connectivity index (χ3v) is 3.76. The van der Waals surface area contributed by atoms with E-state index in [9.17, 15) is 19.8 Å². The third kappa shape index (κ3) is 6.27. The predicted octanol–water partition coefficient (Wildman–Crippen LogP) is 2.55. The first-order valence-electron chi connectivity index (χ1n) is 7.98. The van der Waals surface area contributed by atoms with Gasteiger partial charge >= 0.3 is 5.97 Å². The smallest absolute Gasteiger partial charge is 0.308 e. The number of hydrogen-bond acceptors (Lipinski definition) is 4. The molecule has 132 valence electrons. The van der Waals surface area contributed by atoms with Crippen molar-refractivity contribution in [1.29, 1.82) is 0 Å². The maximum absolute atomic E-state index is 12.1. The number of carbonyl (C=O) groups excluding carboxylic acids is 1. The van der Waals surface area contributed by atoms with E-state index in [4.69, 9.17) is 0 Å². The third-order valence-electron chi connectivity index (χ3n) is 3.76. The van der Waals surface area contributed by atoms with Crippen molar-refractivity contribution in [3.8, 4) is 5.75 Å². The lowest BCUT2D eigenvalue weighted by Gasteiger charge is -2.21. The lowest BCUT2D eigenvalue weighted by Crippen LogP contribution is -2.33. The summed E-state index contributed by atoms with van der Waals surface area (Å²) in [7, 11) is 1.83.